The summed E-state index contributed by atoms with van der Waals surface area (Å²) in [6.45, 7) is 7.83. The van der Waals surface area contributed by atoms with E-state index in [9.17, 15) is 8.42 Å². The number of hydrogen-bond donors (Lipinski definition) is 1. The smallest absolute Gasteiger partial charge is 0.211 e. The van der Waals surface area contributed by atoms with Crippen LogP contribution in [0, 0.1) is 0 Å². The van der Waals surface area contributed by atoms with Crippen molar-refractivity contribution in [2.24, 2.45) is 0 Å². The van der Waals surface area contributed by atoms with Gasteiger partial charge in [0.15, 0.2) is 0 Å². The number of hydrogen-bond acceptors (Lipinski definition) is 3. The highest BCUT2D eigenvalue weighted by molar-refractivity contribution is 7.88. The first-order valence-electron chi connectivity index (χ1n) is 7.48. The van der Waals surface area contributed by atoms with E-state index in [0.29, 0.717) is 19.1 Å². The third-order valence-electron chi connectivity index (χ3n) is 4.02. The number of nitrogens with zero attached hydrogens (tertiary/aromatic N) is 1. The molecule has 1 aliphatic heterocycles. The maximum atomic E-state index is 11.5. The predicted molar refractivity (Wildman–Crippen MR) is 88.2 cm³/mol. The van der Waals surface area contributed by atoms with Gasteiger partial charge in [0.25, 0.3) is 0 Å². The molecule has 1 N–H and O–H groups in total. The number of piperidine rings is 1. The van der Waals surface area contributed by atoms with Crippen molar-refractivity contribution in [2.45, 2.75) is 45.1 Å². The topological polar surface area (TPSA) is 49.4 Å². The van der Waals surface area contributed by atoms with Gasteiger partial charge in [-0.2, -0.15) is 0 Å². The minimum absolute atomic E-state index is 0.136. The minimum atomic E-state index is -3.04. The van der Waals surface area contributed by atoms with Crippen LogP contribution in [0.5, 0.6) is 0 Å². The van der Waals surface area contributed by atoms with Gasteiger partial charge < -0.3 is 5.32 Å². The lowest BCUT2D eigenvalue weighted by Gasteiger charge is -2.31. The summed E-state index contributed by atoms with van der Waals surface area (Å²) >= 11 is 0. The molecule has 0 unspecified atom stereocenters. The Morgan fingerprint density at radius 2 is 1.81 bits per heavy atom. The molecule has 21 heavy (non-hydrogen) atoms. The molecule has 1 heterocycles. The molecule has 0 aliphatic carbocycles. The highest BCUT2D eigenvalue weighted by Crippen LogP contribution is 2.26. The SMILES string of the molecule is CC(C)(C)c1cccc(NC2CCN(S(C)(=O)=O)CC2)c1. The molecule has 0 saturated carbocycles. The zero-order valence-electron chi connectivity index (χ0n) is 13.4. The molecule has 1 fully saturated rings. The normalized spacial score (nSPS) is 18.7. The van der Waals surface area contributed by atoms with E-state index in [1.54, 1.807) is 4.31 Å². The fraction of sp³-hybridized carbons (Fsp3) is 0.625. The minimum Gasteiger partial charge on any atom is -0.382 e. The van der Waals surface area contributed by atoms with Crippen LogP contribution in [0.2, 0.25) is 0 Å². The van der Waals surface area contributed by atoms with Crippen molar-refractivity contribution in [1.82, 2.24) is 4.31 Å². The second-order valence-corrected chi connectivity index (χ2v) is 8.89. The Hall–Kier alpha value is -1.07. The number of nitrogens with one attached hydrogen (secondary N) is 1. The summed E-state index contributed by atoms with van der Waals surface area (Å²) in [5, 5.41) is 3.54. The zero-order valence-corrected chi connectivity index (χ0v) is 14.2. The van der Waals surface area contributed by atoms with Crippen LogP contribution in [0.1, 0.15) is 39.2 Å². The standard InChI is InChI=1S/C16H26N2O2S/c1-16(2,3)13-6-5-7-15(12-13)17-14-8-10-18(11-9-14)21(4,19)20/h5-7,12,14,17H,8-11H2,1-4H3. The van der Waals surface area contributed by atoms with E-state index in [0.717, 1.165) is 18.5 Å². The van der Waals surface area contributed by atoms with Gasteiger partial charge in [-0.3, -0.25) is 0 Å². The van der Waals surface area contributed by atoms with E-state index in [-0.39, 0.29) is 5.41 Å². The maximum Gasteiger partial charge on any atom is 0.211 e. The monoisotopic (exact) mass is 310 g/mol. The molecule has 1 saturated heterocycles. The Kier molecular flexibility index (Phi) is 4.63. The van der Waals surface area contributed by atoms with Gasteiger partial charge >= 0.3 is 0 Å². The molecule has 5 heteroatoms. The molecule has 0 atom stereocenters. The van der Waals surface area contributed by atoms with Gasteiger partial charge in [-0.15, -0.1) is 0 Å². The predicted octanol–water partition coefficient (Wildman–Crippen LogP) is 2.82. The number of rotatable bonds is 3. The number of benzene rings is 1. The van der Waals surface area contributed by atoms with E-state index >= 15 is 0 Å². The van der Waals surface area contributed by atoms with Crippen molar-refractivity contribution in [1.29, 1.82) is 0 Å². The van der Waals surface area contributed by atoms with E-state index < -0.39 is 10.0 Å². The van der Waals surface area contributed by atoms with Crippen molar-refractivity contribution in [3.05, 3.63) is 29.8 Å². The van der Waals surface area contributed by atoms with Crippen LogP contribution >= 0.6 is 0 Å². The molecule has 2 rings (SSSR count). The van der Waals surface area contributed by atoms with Gasteiger partial charge in [0.1, 0.15) is 0 Å². The highest BCUT2D eigenvalue weighted by atomic mass is 32.2. The quantitative estimate of drug-likeness (QED) is 0.934. The highest BCUT2D eigenvalue weighted by Gasteiger charge is 2.24. The van der Waals surface area contributed by atoms with Crippen LogP contribution in [-0.4, -0.2) is 38.1 Å². The molecule has 0 aromatic heterocycles. The van der Waals surface area contributed by atoms with Crippen LogP contribution in [0.4, 0.5) is 5.69 Å². The summed E-state index contributed by atoms with van der Waals surface area (Å²) in [5.41, 5.74) is 2.57. The average molecular weight is 310 g/mol. The second-order valence-electron chi connectivity index (χ2n) is 6.91. The van der Waals surface area contributed by atoms with Gasteiger partial charge in [-0.25, -0.2) is 12.7 Å². The third kappa shape index (κ3) is 4.45. The number of anilines is 1. The number of sulfonamides is 1. The van der Waals surface area contributed by atoms with Crippen molar-refractivity contribution < 1.29 is 8.42 Å². The summed E-state index contributed by atoms with van der Waals surface area (Å²) < 4.78 is 24.6. The Morgan fingerprint density at radius 1 is 1.19 bits per heavy atom. The fourth-order valence-electron chi connectivity index (χ4n) is 2.64. The molecule has 0 radical (unpaired) electrons. The average Bonchev–Trinajstić information content (AvgIpc) is 2.37. The first-order valence-corrected chi connectivity index (χ1v) is 9.33. The Morgan fingerprint density at radius 3 is 2.33 bits per heavy atom. The first-order chi connectivity index (χ1) is 9.66. The Balaban J connectivity index is 1.98. The molecular weight excluding hydrogens is 284 g/mol. The molecule has 4 nitrogen and oxygen atoms in total. The second kappa shape index (κ2) is 5.97. The van der Waals surface area contributed by atoms with Gasteiger partial charge in [0.2, 0.25) is 10.0 Å². The summed E-state index contributed by atoms with van der Waals surface area (Å²) in [4.78, 5) is 0. The summed E-state index contributed by atoms with van der Waals surface area (Å²) in [5.74, 6) is 0. The maximum absolute atomic E-state index is 11.5. The lowest BCUT2D eigenvalue weighted by Crippen LogP contribution is -2.41. The first kappa shape index (κ1) is 16.3. The van der Waals surface area contributed by atoms with Gasteiger partial charge in [-0.05, 0) is 36.0 Å². The fourth-order valence-corrected chi connectivity index (χ4v) is 3.52. The van der Waals surface area contributed by atoms with Crippen LogP contribution in [-0.2, 0) is 15.4 Å². The largest absolute Gasteiger partial charge is 0.382 e. The molecule has 0 spiro atoms. The van der Waals surface area contributed by atoms with E-state index in [2.05, 4.69) is 50.4 Å². The summed E-state index contributed by atoms with van der Waals surface area (Å²) in [6, 6.07) is 8.85. The molecule has 1 aliphatic rings. The van der Waals surface area contributed by atoms with Crippen molar-refractivity contribution in [3.8, 4) is 0 Å². The van der Waals surface area contributed by atoms with E-state index in [1.165, 1.54) is 11.8 Å². The molecule has 0 amide bonds. The van der Waals surface area contributed by atoms with E-state index in [4.69, 9.17) is 0 Å². The van der Waals surface area contributed by atoms with Crippen LogP contribution in [0.15, 0.2) is 24.3 Å². The third-order valence-corrected chi connectivity index (χ3v) is 5.33. The van der Waals surface area contributed by atoms with Gasteiger partial charge in [-0.1, -0.05) is 32.9 Å². The van der Waals surface area contributed by atoms with E-state index in [1.807, 2.05) is 0 Å². The van der Waals surface area contributed by atoms with Crippen molar-refractivity contribution in [2.75, 3.05) is 24.7 Å². The molecule has 118 valence electrons. The molecule has 0 bridgehead atoms. The summed E-state index contributed by atoms with van der Waals surface area (Å²) in [7, 11) is -3.04. The van der Waals surface area contributed by atoms with Crippen molar-refractivity contribution in [3.63, 3.8) is 0 Å². The lowest BCUT2D eigenvalue weighted by atomic mass is 9.87. The molecular formula is C16H26N2O2S. The summed E-state index contributed by atoms with van der Waals surface area (Å²) in [6.07, 6.45) is 2.99. The lowest BCUT2D eigenvalue weighted by molar-refractivity contribution is 0.332. The zero-order chi connectivity index (χ0) is 15.7. The van der Waals surface area contributed by atoms with Crippen molar-refractivity contribution >= 4 is 15.7 Å². The molecule has 1 aromatic rings. The Bertz CT molecular complexity index is 583. The van der Waals surface area contributed by atoms with Crippen LogP contribution in [0.3, 0.4) is 0 Å². The van der Waals surface area contributed by atoms with Gasteiger partial charge in [0, 0.05) is 24.8 Å². The van der Waals surface area contributed by atoms with Crippen LogP contribution in [0.25, 0.3) is 0 Å². The Labute approximate surface area is 128 Å². The van der Waals surface area contributed by atoms with Crippen LogP contribution < -0.4 is 5.32 Å². The van der Waals surface area contributed by atoms with Gasteiger partial charge in [0.05, 0.1) is 6.26 Å². The molecule has 1 aromatic carbocycles.